The van der Waals surface area contributed by atoms with E-state index in [0.29, 0.717) is 6.04 Å². The highest BCUT2D eigenvalue weighted by Gasteiger charge is 2.11. The number of methoxy groups -OCH3 is 1. The summed E-state index contributed by atoms with van der Waals surface area (Å²) in [6.07, 6.45) is 5.14. The molecule has 21 heavy (non-hydrogen) atoms. The molecule has 0 saturated heterocycles. The van der Waals surface area contributed by atoms with E-state index in [4.69, 9.17) is 4.74 Å². The first-order valence-electron chi connectivity index (χ1n) is 7.57. The van der Waals surface area contributed by atoms with Gasteiger partial charge in [-0.1, -0.05) is 31.5 Å². The van der Waals surface area contributed by atoms with Gasteiger partial charge >= 0.3 is 0 Å². The summed E-state index contributed by atoms with van der Waals surface area (Å²) in [7, 11) is 1.71. The van der Waals surface area contributed by atoms with Crippen LogP contribution in [0, 0.1) is 6.92 Å². The second-order valence-corrected chi connectivity index (χ2v) is 5.31. The first-order chi connectivity index (χ1) is 10.2. The second kappa shape index (κ2) is 7.27. The van der Waals surface area contributed by atoms with E-state index in [0.717, 1.165) is 30.8 Å². The molecule has 2 aromatic rings. The van der Waals surface area contributed by atoms with Gasteiger partial charge in [-0.2, -0.15) is 5.10 Å². The predicted octanol–water partition coefficient (Wildman–Crippen LogP) is 3.31. The Hall–Kier alpha value is -1.81. The molecule has 1 aromatic carbocycles. The third kappa shape index (κ3) is 3.85. The zero-order chi connectivity index (χ0) is 15.2. The second-order valence-electron chi connectivity index (χ2n) is 5.31. The van der Waals surface area contributed by atoms with E-state index in [1.54, 1.807) is 7.11 Å². The van der Waals surface area contributed by atoms with Crippen LogP contribution in [0.1, 0.15) is 43.0 Å². The lowest BCUT2D eigenvalue weighted by molar-refractivity contribution is 0.407. The highest BCUT2D eigenvalue weighted by atomic mass is 16.5. The molecule has 2 rings (SSSR count). The number of rotatable bonds is 7. The van der Waals surface area contributed by atoms with E-state index in [-0.39, 0.29) is 0 Å². The van der Waals surface area contributed by atoms with E-state index in [2.05, 4.69) is 49.5 Å². The van der Waals surface area contributed by atoms with E-state index in [1.165, 1.54) is 11.1 Å². The number of hydrogen-bond acceptors (Lipinski definition) is 3. The van der Waals surface area contributed by atoms with Crippen LogP contribution in [0.25, 0.3) is 0 Å². The van der Waals surface area contributed by atoms with E-state index in [9.17, 15) is 0 Å². The minimum absolute atomic E-state index is 0.378. The number of benzene rings is 1. The summed E-state index contributed by atoms with van der Waals surface area (Å²) < 4.78 is 7.41. The number of aryl methyl sites for hydroxylation is 1. The largest absolute Gasteiger partial charge is 0.496 e. The van der Waals surface area contributed by atoms with E-state index < -0.39 is 0 Å². The maximum absolute atomic E-state index is 5.43. The zero-order valence-corrected chi connectivity index (χ0v) is 13.4. The van der Waals surface area contributed by atoms with Gasteiger partial charge < -0.3 is 10.1 Å². The van der Waals surface area contributed by atoms with Gasteiger partial charge in [0.2, 0.25) is 0 Å². The van der Waals surface area contributed by atoms with Crippen LogP contribution in [-0.2, 0) is 6.54 Å². The monoisotopic (exact) mass is 287 g/mol. The third-order valence-corrected chi connectivity index (χ3v) is 3.68. The molecule has 0 spiro atoms. The van der Waals surface area contributed by atoms with Crippen LogP contribution >= 0.6 is 0 Å². The molecular formula is C17H25N3O. The molecule has 1 heterocycles. The molecule has 4 heteroatoms. The molecule has 0 aliphatic rings. The predicted molar refractivity (Wildman–Crippen MR) is 85.8 cm³/mol. The summed E-state index contributed by atoms with van der Waals surface area (Å²) in [6, 6.07) is 6.61. The first kappa shape index (κ1) is 15.6. The summed E-state index contributed by atoms with van der Waals surface area (Å²) >= 11 is 0. The lowest BCUT2D eigenvalue weighted by Gasteiger charge is -2.13. The summed E-state index contributed by atoms with van der Waals surface area (Å²) in [5.41, 5.74) is 3.63. The minimum atomic E-state index is 0.378. The first-order valence-corrected chi connectivity index (χ1v) is 7.57. The van der Waals surface area contributed by atoms with Crippen molar-refractivity contribution in [2.45, 2.75) is 39.8 Å². The number of ether oxygens (including phenoxy) is 1. The van der Waals surface area contributed by atoms with Gasteiger partial charge in [0.15, 0.2) is 0 Å². The van der Waals surface area contributed by atoms with Gasteiger partial charge in [0.1, 0.15) is 5.75 Å². The van der Waals surface area contributed by atoms with Crippen LogP contribution in [0.3, 0.4) is 0 Å². The van der Waals surface area contributed by atoms with Crippen molar-refractivity contribution >= 4 is 0 Å². The van der Waals surface area contributed by atoms with Gasteiger partial charge in [0.05, 0.1) is 19.9 Å². The smallest absolute Gasteiger partial charge is 0.123 e. The van der Waals surface area contributed by atoms with Gasteiger partial charge in [0.25, 0.3) is 0 Å². The molecule has 4 nitrogen and oxygen atoms in total. The maximum Gasteiger partial charge on any atom is 0.123 e. The van der Waals surface area contributed by atoms with E-state index >= 15 is 0 Å². The number of hydrogen-bond donors (Lipinski definition) is 1. The zero-order valence-electron chi connectivity index (χ0n) is 13.4. The molecule has 0 saturated carbocycles. The topological polar surface area (TPSA) is 39.1 Å². The van der Waals surface area contributed by atoms with Crippen molar-refractivity contribution in [2.24, 2.45) is 0 Å². The normalized spacial score (nSPS) is 12.4. The average molecular weight is 287 g/mol. The third-order valence-electron chi connectivity index (χ3n) is 3.68. The fraction of sp³-hybridized carbons (Fsp3) is 0.471. The van der Waals surface area contributed by atoms with Crippen molar-refractivity contribution in [2.75, 3.05) is 13.7 Å². The highest BCUT2D eigenvalue weighted by Crippen LogP contribution is 2.21. The van der Waals surface area contributed by atoms with Crippen molar-refractivity contribution in [3.8, 4) is 5.75 Å². The molecule has 1 atom stereocenters. The molecule has 114 valence electrons. The number of nitrogens with one attached hydrogen (secondary N) is 1. The van der Waals surface area contributed by atoms with Crippen molar-refractivity contribution in [3.05, 3.63) is 47.3 Å². The van der Waals surface area contributed by atoms with Gasteiger partial charge in [-0.3, -0.25) is 4.68 Å². The summed E-state index contributed by atoms with van der Waals surface area (Å²) in [5, 5.41) is 7.97. The molecule has 0 fully saturated rings. The summed E-state index contributed by atoms with van der Waals surface area (Å²) in [6.45, 7) is 8.11. The van der Waals surface area contributed by atoms with Crippen LogP contribution in [0.15, 0.2) is 30.6 Å². The Kier molecular flexibility index (Phi) is 5.39. The quantitative estimate of drug-likeness (QED) is 0.849. The summed E-state index contributed by atoms with van der Waals surface area (Å²) in [5.74, 6) is 0.913. The van der Waals surface area contributed by atoms with Crippen LogP contribution in [0.5, 0.6) is 5.75 Å². The average Bonchev–Trinajstić information content (AvgIpc) is 2.93. The highest BCUT2D eigenvalue weighted by molar-refractivity contribution is 5.37. The van der Waals surface area contributed by atoms with Gasteiger partial charge in [-0.15, -0.1) is 0 Å². The Morgan fingerprint density at radius 3 is 2.81 bits per heavy atom. The molecule has 1 aromatic heterocycles. The molecule has 0 aliphatic heterocycles. The van der Waals surface area contributed by atoms with Crippen LogP contribution in [0.4, 0.5) is 0 Å². The lowest BCUT2D eigenvalue weighted by atomic mass is 10.1. The molecule has 1 N–H and O–H groups in total. The Bertz CT molecular complexity index is 577. The van der Waals surface area contributed by atoms with Crippen LogP contribution < -0.4 is 10.1 Å². The van der Waals surface area contributed by atoms with Crippen molar-refractivity contribution in [1.29, 1.82) is 0 Å². The Labute approximate surface area is 127 Å². The Morgan fingerprint density at radius 2 is 2.14 bits per heavy atom. The van der Waals surface area contributed by atoms with Crippen LogP contribution in [-0.4, -0.2) is 23.4 Å². The molecule has 0 bridgehead atoms. The lowest BCUT2D eigenvalue weighted by Crippen LogP contribution is -2.19. The van der Waals surface area contributed by atoms with Crippen molar-refractivity contribution in [1.82, 2.24) is 15.1 Å². The number of nitrogens with zero attached hydrogens (tertiary/aromatic N) is 2. The van der Waals surface area contributed by atoms with Gasteiger partial charge in [0, 0.05) is 23.4 Å². The van der Waals surface area contributed by atoms with Gasteiger partial charge in [-0.05, 0) is 26.0 Å². The SMILES string of the molecule is CCNC(CC)c1cnn(Cc2cc(C)ccc2OC)c1. The Balaban J connectivity index is 2.17. The number of aromatic nitrogens is 2. The Morgan fingerprint density at radius 1 is 1.33 bits per heavy atom. The molecule has 0 radical (unpaired) electrons. The van der Waals surface area contributed by atoms with Crippen LogP contribution in [0.2, 0.25) is 0 Å². The minimum Gasteiger partial charge on any atom is -0.496 e. The molecule has 0 aliphatic carbocycles. The fourth-order valence-electron chi connectivity index (χ4n) is 2.60. The maximum atomic E-state index is 5.43. The standard InChI is InChI=1S/C17H25N3O/c1-5-16(18-6-2)15-10-19-20(12-15)11-14-9-13(3)7-8-17(14)21-4/h7-10,12,16,18H,5-6,11H2,1-4H3. The van der Waals surface area contributed by atoms with Crippen molar-refractivity contribution in [3.63, 3.8) is 0 Å². The van der Waals surface area contributed by atoms with Gasteiger partial charge in [-0.25, -0.2) is 0 Å². The van der Waals surface area contributed by atoms with E-state index in [1.807, 2.05) is 16.9 Å². The fourth-order valence-corrected chi connectivity index (χ4v) is 2.60. The molecule has 1 unspecified atom stereocenters. The summed E-state index contributed by atoms with van der Waals surface area (Å²) in [4.78, 5) is 0. The van der Waals surface area contributed by atoms with Crippen molar-refractivity contribution < 1.29 is 4.74 Å². The molecule has 0 amide bonds. The molecular weight excluding hydrogens is 262 g/mol.